The van der Waals surface area contributed by atoms with E-state index >= 15 is 4.39 Å². The van der Waals surface area contributed by atoms with Gasteiger partial charge in [0.25, 0.3) is 5.91 Å². The molecule has 0 radical (unpaired) electrons. The van der Waals surface area contributed by atoms with Gasteiger partial charge in [-0.2, -0.15) is 5.01 Å². The van der Waals surface area contributed by atoms with Crippen molar-refractivity contribution in [3.05, 3.63) is 22.5 Å². The number of nitrogens with two attached hydrogens (primary N) is 1. The van der Waals surface area contributed by atoms with Gasteiger partial charge in [-0.15, -0.1) is 0 Å². The second-order valence-electron chi connectivity index (χ2n) is 12.8. The van der Waals surface area contributed by atoms with Crippen LogP contribution in [0, 0.1) is 11.7 Å². The molecule has 3 amide bonds. The van der Waals surface area contributed by atoms with Crippen LogP contribution in [0.5, 0.6) is 0 Å². The van der Waals surface area contributed by atoms with E-state index in [1.54, 1.807) is 25.7 Å². The summed E-state index contributed by atoms with van der Waals surface area (Å²) < 4.78 is 26.4. The van der Waals surface area contributed by atoms with Crippen molar-refractivity contribution in [3.8, 4) is 0 Å². The van der Waals surface area contributed by atoms with E-state index in [1.165, 1.54) is 0 Å². The van der Waals surface area contributed by atoms with Crippen LogP contribution in [0.4, 0.5) is 25.4 Å². The van der Waals surface area contributed by atoms with Crippen LogP contribution in [-0.4, -0.2) is 70.9 Å². The number of ether oxygens (including phenoxy) is 2. The quantitative estimate of drug-likeness (QED) is 0.236. The van der Waals surface area contributed by atoms with Crippen LogP contribution in [0.3, 0.4) is 0 Å². The molecule has 1 aromatic carbocycles. The number of benzene rings is 1. The number of carbonyl (C=O) groups is 3. The first kappa shape index (κ1) is 31.7. The molecular weight excluding hydrogens is 541 g/mol. The Morgan fingerprint density at radius 2 is 1.68 bits per heavy atom. The van der Waals surface area contributed by atoms with Crippen molar-refractivity contribution >= 4 is 41.1 Å². The maximum atomic E-state index is 15.7. The van der Waals surface area contributed by atoms with E-state index in [1.807, 2.05) is 39.5 Å². The Kier molecular flexibility index (Phi) is 9.51. The number of rotatable bonds is 7. The highest BCUT2D eigenvalue weighted by molar-refractivity contribution is 6.37. The molecule has 3 N–H and O–H groups in total. The minimum atomic E-state index is -1.06. The van der Waals surface area contributed by atoms with E-state index < -0.39 is 29.0 Å². The summed E-state index contributed by atoms with van der Waals surface area (Å²) in [6.45, 7) is 15.7. The minimum Gasteiger partial charge on any atom is -0.444 e. The average molecular weight is 584 g/mol. The lowest BCUT2D eigenvalue weighted by atomic mass is 10.1. The van der Waals surface area contributed by atoms with Crippen LogP contribution < -0.4 is 16.1 Å². The first-order valence-corrected chi connectivity index (χ1v) is 14.1. The number of hydrogen-bond donors (Lipinski definition) is 2. The summed E-state index contributed by atoms with van der Waals surface area (Å²) in [7, 11) is 0. The molecule has 12 heteroatoms. The van der Waals surface area contributed by atoms with Crippen molar-refractivity contribution in [2.24, 2.45) is 11.8 Å². The van der Waals surface area contributed by atoms with Gasteiger partial charge in [0.1, 0.15) is 17.0 Å². The predicted octanol–water partition coefficient (Wildman–Crippen LogP) is 5.78. The SMILES string of the molecule is CC(C)N(CC1CCN(c2c(F)cc(C(=O)N(N)C(=O)OC(C)(C)C)c(NC3CC3)c2Cl)C1)C(=O)OC(C)(C)C. The molecule has 224 valence electrons. The van der Waals surface area contributed by atoms with Crippen molar-refractivity contribution < 1.29 is 28.2 Å². The van der Waals surface area contributed by atoms with Crippen LogP contribution in [0.1, 0.15) is 85.0 Å². The fourth-order valence-corrected chi connectivity index (χ4v) is 4.81. The number of anilines is 2. The van der Waals surface area contributed by atoms with Crippen molar-refractivity contribution in [2.45, 2.75) is 97.9 Å². The Bertz CT molecular complexity index is 1130. The molecule has 1 heterocycles. The Morgan fingerprint density at radius 3 is 2.20 bits per heavy atom. The average Bonchev–Trinajstić information content (AvgIpc) is 3.51. The van der Waals surface area contributed by atoms with E-state index in [2.05, 4.69) is 5.32 Å². The summed E-state index contributed by atoms with van der Waals surface area (Å²) in [5.74, 6) is 4.20. The van der Waals surface area contributed by atoms with Crippen LogP contribution in [0.15, 0.2) is 6.07 Å². The third-order valence-electron chi connectivity index (χ3n) is 6.47. The van der Waals surface area contributed by atoms with Crippen molar-refractivity contribution in [1.82, 2.24) is 9.91 Å². The number of nitrogens with one attached hydrogen (secondary N) is 1. The number of nitrogens with zero attached hydrogens (tertiary/aromatic N) is 3. The largest absolute Gasteiger partial charge is 0.444 e. The highest BCUT2D eigenvalue weighted by atomic mass is 35.5. The molecule has 1 unspecified atom stereocenters. The van der Waals surface area contributed by atoms with E-state index in [4.69, 9.17) is 26.9 Å². The zero-order valence-corrected chi connectivity index (χ0v) is 25.5. The van der Waals surface area contributed by atoms with Gasteiger partial charge in [-0.05, 0) is 86.6 Å². The molecular formula is C28H43ClFN5O5. The molecule has 1 aliphatic heterocycles. The molecule has 1 saturated carbocycles. The van der Waals surface area contributed by atoms with Crippen LogP contribution in [0.2, 0.25) is 5.02 Å². The van der Waals surface area contributed by atoms with Gasteiger partial charge in [0, 0.05) is 31.7 Å². The number of hydrazine groups is 1. The highest BCUT2D eigenvalue weighted by Gasteiger charge is 2.36. The van der Waals surface area contributed by atoms with E-state index in [9.17, 15) is 14.4 Å². The fraction of sp³-hybridized carbons (Fsp3) is 0.679. The summed E-state index contributed by atoms with van der Waals surface area (Å²) in [4.78, 5) is 42.0. The maximum Gasteiger partial charge on any atom is 0.432 e. The van der Waals surface area contributed by atoms with Gasteiger partial charge >= 0.3 is 12.2 Å². The van der Waals surface area contributed by atoms with Gasteiger partial charge in [0.05, 0.1) is 22.0 Å². The predicted molar refractivity (Wildman–Crippen MR) is 153 cm³/mol. The highest BCUT2D eigenvalue weighted by Crippen LogP contribution is 2.42. The second kappa shape index (κ2) is 12.0. The Morgan fingerprint density at radius 1 is 1.10 bits per heavy atom. The molecule has 1 atom stereocenters. The summed E-state index contributed by atoms with van der Waals surface area (Å²) in [6, 6.07) is 1.07. The van der Waals surface area contributed by atoms with Gasteiger partial charge in [-0.1, -0.05) is 11.6 Å². The monoisotopic (exact) mass is 583 g/mol. The maximum absolute atomic E-state index is 15.7. The van der Waals surface area contributed by atoms with Crippen molar-refractivity contribution in [1.29, 1.82) is 0 Å². The Balaban J connectivity index is 1.85. The summed E-state index contributed by atoms with van der Waals surface area (Å²) in [5.41, 5.74) is -1.26. The number of hydrogen-bond acceptors (Lipinski definition) is 8. The Hall–Kier alpha value is -2.79. The molecule has 0 aromatic heterocycles. The molecule has 40 heavy (non-hydrogen) atoms. The van der Waals surface area contributed by atoms with Crippen LogP contribution in [0.25, 0.3) is 0 Å². The fourth-order valence-electron chi connectivity index (χ4n) is 4.44. The van der Waals surface area contributed by atoms with Crippen molar-refractivity contribution in [2.75, 3.05) is 29.9 Å². The summed E-state index contributed by atoms with van der Waals surface area (Å²) >= 11 is 6.78. The molecule has 10 nitrogen and oxygen atoms in total. The van der Waals surface area contributed by atoms with Gasteiger partial charge in [0.2, 0.25) is 0 Å². The van der Waals surface area contributed by atoms with E-state index in [0.717, 1.165) is 18.9 Å². The molecule has 1 aliphatic carbocycles. The third-order valence-corrected chi connectivity index (χ3v) is 6.84. The van der Waals surface area contributed by atoms with Crippen molar-refractivity contribution in [3.63, 3.8) is 0 Å². The van der Waals surface area contributed by atoms with Gasteiger partial charge in [-0.3, -0.25) is 4.79 Å². The second-order valence-corrected chi connectivity index (χ2v) is 13.2. The summed E-state index contributed by atoms with van der Waals surface area (Å²) in [5, 5.41) is 3.59. The smallest absolute Gasteiger partial charge is 0.432 e. The van der Waals surface area contributed by atoms with E-state index in [0.29, 0.717) is 31.1 Å². The van der Waals surface area contributed by atoms with Gasteiger partial charge < -0.3 is 24.6 Å². The lowest BCUT2D eigenvalue weighted by molar-refractivity contribution is 0.0160. The first-order valence-electron chi connectivity index (χ1n) is 13.7. The number of halogens is 2. The Labute approximate surface area is 241 Å². The number of carbonyl (C=O) groups excluding carboxylic acids is 3. The third kappa shape index (κ3) is 8.13. The summed E-state index contributed by atoms with van der Waals surface area (Å²) in [6.07, 6.45) is 1.01. The minimum absolute atomic E-state index is 0.0429. The first-order chi connectivity index (χ1) is 18.4. The van der Waals surface area contributed by atoms with Crippen LogP contribution >= 0.6 is 11.6 Å². The molecule has 0 spiro atoms. The normalized spacial score (nSPS) is 17.6. The molecule has 0 bridgehead atoms. The molecule has 1 saturated heterocycles. The van der Waals surface area contributed by atoms with Gasteiger partial charge in [0.15, 0.2) is 0 Å². The van der Waals surface area contributed by atoms with Gasteiger partial charge in [-0.25, -0.2) is 19.8 Å². The molecule has 1 aromatic rings. The zero-order chi connectivity index (χ0) is 30.2. The van der Waals surface area contributed by atoms with Crippen LogP contribution in [-0.2, 0) is 9.47 Å². The molecule has 3 rings (SSSR count). The lowest BCUT2D eigenvalue weighted by Gasteiger charge is -2.32. The standard InChI is InChI=1S/C28H43ClFN5O5/c1-16(2)34(25(37)39-27(3,4)5)15-17-11-12-33(14-17)23-20(30)13-19(22(21(23)29)32-18-9-10-18)24(36)35(31)26(38)40-28(6,7)8/h13,16-18,32H,9-12,14-15,31H2,1-8H3. The molecule has 2 aliphatic rings. The van der Waals surface area contributed by atoms with E-state index in [-0.39, 0.29) is 46.1 Å². The lowest BCUT2D eigenvalue weighted by Crippen LogP contribution is -2.45. The number of amides is 3. The number of imide groups is 1. The topological polar surface area (TPSA) is 117 Å². The molecule has 2 fully saturated rings. The zero-order valence-electron chi connectivity index (χ0n) is 24.8.